The minimum absolute atomic E-state index is 0.380. The molecule has 0 bridgehead atoms. The van der Waals surface area contributed by atoms with Crippen LogP contribution < -0.4 is 4.74 Å². The number of ether oxygens (including phenoxy) is 1. The van der Waals surface area contributed by atoms with Crippen LogP contribution in [0.3, 0.4) is 0 Å². The summed E-state index contributed by atoms with van der Waals surface area (Å²) in [7, 11) is 0. The molecule has 0 N–H and O–H groups in total. The number of hydrogen-bond donors (Lipinski definition) is 0. The summed E-state index contributed by atoms with van der Waals surface area (Å²) in [5, 5.41) is 1.48. The van der Waals surface area contributed by atoms with Crippen molar-refractivity contribution in [2.75, 3.05) is 0 Å². The van der Waals surface area contributed by atoms with Crippen LogP contribution in [-0.4, -0.2) is 9.97 Å². The van der Waals surface area contributed by atoms with Gasteiger partial charge in [-0.1, -0.05) is 23.7 Å². The third-order valence-electron chi connectivity index (χ3n) is 2.79. The topological polar surface area (TPSA) is 35.0 Å². The van der Waals surface area contributed by atoms with E-state index in [0.717, 1.165) is 16.5 Å². The molecule has 3 rings (SSSR count). The zero-order chi connectivity index (χ0) is 13.1. The molecule has 4 heteroatoms. The van der Waals surface area contributed by atoms with Crippen LogP contribution in [0.15, 0.2) is 54.9 Å². The first-order valence-electron chi connectivity index (χ1n) is 5.90. The number of pyridine rings is 2. The van der Waals surface area contributed by atoms with Crippen LogP contribution in [-0.2, 0) is 6.61 Å². The maximum Gasteiger partial charge on any atom is 0.171 e. The Morgan fingerprint density at radius 1 is 1.00 bits per heavy atom. The summed E-state index contributed by atoms with van der Waals surface area (Å²) < 4.78 is 5.66. The van der Waals surface area contributed by atoms with Gasteiger partial charge in [-0.15, -0.1) is 0 Å². The van der Waals surface area contributed by atoms with E-state index in [1.54, 1.807) is 24.5 Å². The van der Waals surface area contributed by atoms with Gasteiger partial charge in [-0.05, 0) is 35.9 Å². The van der Waals surface area contributed by atoms with E-state index < -0.39 is 0 Å². The molecule has 2 aromatic heterocycles. The molecule has 0 fully saturated rings. The normalized spacial score (nSPS) is 10.6. The highest BCUT2D eigenvalue weighted by Gasteiger charge is 2.02. The van der Waals surface area contributed by atoms with Crippen molar-refractivity contribution in [1.82, 2.24) is 9.97 Å². The maximum atomic E-state index is 5.94. The number of benzene rings is 1. The molecule has 0 atom stereocenters. The molecule has 2 heterocycles. The summed E-state index contributed by atoms with van der Waals surface area (Å²) in [5.41, 5.74) is 2.05. The highest BCUT2D eigenvalue weighted by Crippen LogP contribution is 2.22. The number of aromatic nitrogens is 2. The number of rotatable bonds is 3. The Kier molecular flexibility index (Phi) is 3.29. The van der Waals surface area contributed by atoms with E-state index in [4.69, 9.17) is 16.3 Å². The van der Waals surface area contributed by atoms with E-state index in [2.05, 4.69) is 16.0 Å². The van der Waals surface area contributed by atoms with Gasteiger partial charge in [0.2, 0.25) is 0 Å². The minimum atomic E-state index is 0.380. The fourth-order valence-corrected chi connectivity index (χ4v) is 2.03. The molecule has 1 aromatic carbocycles. The van der Waals surface area contributed by atoms with Gasteiger partial charge in [-0.2, -0.15) is 0 Å². The number of fused-ring (bicyclic) bond motifs is 1. The smallest absolute Gasteiger partial charge is 0.171 e. The average molecular weight is 271 g/mol. The van der Waals surface area contributed by atoms with Crippen molar-refractivity contribution in [3.8, 4) is 5.75 Å². The summed E-state index contributed by atoms with van der Waals surface area (Å²) in [6, 6.07) is 13.6. The second-order valence-corrected chi connectivity index (χ2v) is 4.47. The fourth-order valence-electron chi connectivity index (χ4n) is 1.85. The van der Waals surface area contributed by atoms with Crippen LogP contribution in [0.25, 0.3) is 10.9 Å². The molecule has 0 unspecified atom stereocenters. The standard InChI is InChI=1S/C15H11ClN2O/c16-15-14(4-2-8-18-15)19-10-11-5-6-13-12(9-11)3-1-7-17-13/h1-9H,10H2. The predicted molar refractivity (Wildman–Crippen MR) is 75.3 cm³/mol. The second kappa shape index (κ2) is 5.24. The van der Waals surface area contributed by atoms with Crippen molar-refractivity contribution in [2.24, 2.45) is 0 Å². The molecule has 0 aliphatic heterocycles. The van der Waals surface area contributed by atoms with E-state index in [1.165, 1.54) is 0 Å². The summed E-state index contributed by atoms with van der Waals surface area (Å²) >= 11 is 5.94. The van der Waals surface area contributed by atoms with Crippen molar-refractivity contribution in [2.45, 2.75) is 6.61 Å². The van der Waals surface area contributed by atoms with Crippen LogP contribution in [0.4, 0.5) is 0 Å². The van der Waals surface area contributed by atoms with Crippen molar-refractivity contribution in [1.29, 1.82) is 0 Å². The molecule has 94 valence electrons. The Bertz CT molecular complexity index is 715. The lowest BCUT2D eigenvalue weighted by molar-refractivity contribution is 0.305. The highest BCUT2D eigenvalue weighted by atomic mass is 35.5. The van der Waals surface area contributed by atoms with Gasteiger partial charge in [-0.25, -0.2) is 4.98 Å². The summed E-state index contributed by atoms with van der Waals surface area (Å²) in [6.45, 7) is 0.455. The average Bonchev–Trinajstić information content (AvgIpc) is 2.46. The zero-order valence-electron chi connectivity index (χ0n) is 10.1. The lowest BCUT2D eigenvalue weighted by Gasteiger charge is -2.07. The molecule has 0 aliphatic rings. The first-order valence-corrected chi connectivity index (χ1v) is 6.28. The van der Waals surface area contributed by atoms with Gasteiger partial charge in [0.1, 0.15) is 6.61 Å². The summed E-state index contributed by atoms with van der Waals surface area (Å²) in [4.78, 5) is 8.25. The van der Waals surface area contributed by atoms with E-state index >= 15 is 0 Å². The van der Waals surface area contributed by atoms with Crippen molar-refractivity contribution in [3.05, 3.63) is 65.6 Å². The zero-order valence-corrected chi connectivity index (χ0v) is 10.8. The Morgan fingerprint density at radius 3 is 2.74 bits per heavy atom. The minimum Gasteiger partial charge on any atom is -0.486 e. The molecule has 0 aliphatic carbocycles. The van der Waals surface area contributed by atoms with Crippen LogP contribution in [0.5, 0.6) is 5.75 Å². The molecule has 19 heavy (non-hydrogen) atoms. The van der Waals surface area contributed by atoms with Crippen molar-refractivity contribution >= 4 is 22.5 Å². The Hall–Kier alpha value is -2.13. The molecule has 0 amide bonds. The predicted octanol–water partition coefficient (Wildman–Crippen LogP) is 3.86. The summed E-state index contributed by atoms with van der Waals surface area (Å²) in [6.07, 6.45) is 3.42. The molecule has 0 radical (unpaired) electrons. The van der Waals surface area contributed by atoms with Crippen LogP contribution >= 0.6 is 11.6 Å². The molecule has 0 spiro atoms. The van der Waals surface area contributed by atoms with Crippen molar-refractivity contribution < 1.29 is 4.74 Å². The second-order valence-electron chi connectivity index (χ2n) is 4.11. The maximum absolute atomic E-state index is 5.94. The first-order chi connectivity index (χ1) is 9.33. The van der Waals surface area contributed by atoms with E-state index in [9.17, 15) is 0 Å². The molecule has 3 aromatic rings. The summed E-state index contributed by atoms with van der Waals surface area (Å²) in [5.74, 6) is 0.593. The van der Waals surface area contributed by atoms with Gasteiger partial charge in [-0.3, -0.25) is 4.98 Å². The van der Waals surface area contributed by atoms with E-state index in [-0.39, 0.29) is 0 Å². The molecular weight excluding hydrogens is 260 g/mol. The van der Waals surface area contributed by atoms with Crippen molar-refractivity contribution in [3.63, 3.8) is 0 Å². The monoisotopic (exact) mass is 270 g/mol. The van der Waals surface area contributed by atoms with Crippen LogP contribution in [0.2, 0.25) is 5.15 Å². The van der Waals surface area contributed by atoms with Gasteiger partial charge in [0.05, 0.1) is 5.52 Å². The van der Waals surface area contributed by atoms with Gasteiger partial charge in [0.25, 0.3) is 0 Å². The molecule has 0 saturated heterocycles. The van der Waals surface area contributed by atoms with E-state index in [1.807, 2.05) is 24.3 Å². The number of hydrogen-bond acceptors (Lipinski definition) is 3. The lowest BCUT2D eigenvalue weighted by atomic mass is 10.1. The van der Waals surface area contributed by atoms with Crippen LogP contribution in [0, 0.1) is 0 Å². The first kappa shape index (κ1) is 11.9. The molecule has 0 saturated carbocycles. The molecule has 3 nitrogen and oxygen atoms in total. The third kappa shape index (κ3) is 2.66. The Morgan fingerprint density at radius 2 is 1.84 bits per heavy atom. The number of nitrogens with zero attached hydrogens (tertiary/aromatic N) is 2. The van der Waals surface area contributed by atoms with Gasteiger partial charge < -0.3 is 4.74 Å². The third-order valence-corrected chi connectivity index (χ3v) is 3.07. The van der Waals surface area contributed by atoms with Gasteiger partial charge in [0.15, 0.2) is 10.9 Å². The van der Waals surface area contributed by atoms with Gasteiger partial charge in [0, 0.05) is 17.8 Å². The van der Waals surface area contributed by atoms with Gasteiger partial charge >= 0.3 is 0 Å². The fraction of sp³-hybridized carbons (Fsp3) is 0.0667. The van der Waals surface area contributed by atoms with Crippen LogP contribution in [0.1, 0.15) is 5.56 Å². The van der Waals surface area contributed by atoms with E-state index in [0.29, 0.717) is 17.5 Å². The number of halogens is 1. The Labute approximate surface area is 115 Å². The lowest BCUT2D eigenvalue weighted by Crippen LogP contribution is -1.96. The highest BCUT2D eigenvalue weighted by molar-refractivity contribution is 6.30. The SMILES string of the molecule is Clc1ncccc1OCc1ccc2ncccc2c1. The Balaban J connectivity index is 1.80. The largest absolute Gasteiger partial charge is 0.486 e. The molecular formula is C15H11ClN2O. The quantitative estimate of drug-likeness (QED) is 0.678.